The number of hydrogen-bond donors (Lipinski definition) is 2. The van der Waals surface area contributed by atoms with Crippen LogP contribution in [-0.4, -0.2) is 10.2 Å². The summed E-state index contributed by atoms with van der Waals surface area (Å²) in [7, 11) is 0. The second kappa shape index (κ2) is 5.08. The van der Waals surface area contributed by atoms with Crippen LogP contribution in [0.2, 0.25) is 0 Å². The fourth-order valence-electron chi connectivity index (χ4n) is 0.763. The van der Waals surface area contributed by atoms with E-state index in [0.29, 0.717) is 5.17 Å². The number of rotatable bonds is 3. The molecule has 0 aliphatic heterocycles. The molecular weight excluding hydrogens is 204 g/mol. The van der Waals surface area contributed by atoms with Crippen molar-refractivity contribution in [3.8, 4) is 0 Å². The molecule has 0 bridgehead atoms. The maximum Gasteiger partial charge on any atom is 0.177 e. The molecule has 1 heterocycles. The van der Waals surface area contributed by atoms with Gasteiger partial charge in [-0.15, -0.1) is 11.3 Å². The van der Waals surface area contributed by atoms with Crippen LogP contribution in [0.3, 0.4) is 0 Å². The molecule has 0 saturated heterocycles. The molecular formula is C7H12N4S2. The molecule has 6 heteroatoms. The minimum Gasteiger partial charge on any atom is -0.377 e. The van der Waals surface area contributed by atoms with E-state index < -0.39 is 0 Å². The Kier molecular flexibility index (Phi) is 4.04. The Morgan fingerprint density at radius 2 is 2.54 bits per heavy atom. The molecule has 72 valence electrons. The SMILES string of the molecule is CCc1nc(CSC(N)=NN)cs1. The zero-order chi connectivity index (χ0) is 9.68. The van der Waals surface area contributed by atoms with Gasteiger partial charge in [-0.05, 0) is 6.42 Å². The largest absolute Gasteiger partial charge is 0.377 e. The van der Waals surface area contributed by atoms with E-state index in [1.807, 2.05) is 5.38 Å². The van der Waals surface area contributed by atoms with Crippen LogP contribution in [0.5, 0.6) is 0 Å². The van der Waals surface area contributed by atoms with Gasteiger partial charge in [0.15, 0.2) is 5.17 Å². The molecule has 1 aromatic heterocycles. The maximum atomic E-state index is 5.42. The lowest BCUT2D eigenvalue weighted by atomic mass is 10.5. The van der Waals surface area contributed by atoms with E-state index in [1.165, 1.54) is 11.8 Å². The van der Waals surface area contributed by atoms with Gasteiger partial charge in [-0.25, -0.2) is 4.98 Å². The number of thiazole rings is 1. The van der Waals surface area contributed by atoms with E-state index in [1.54, 1.807) is 11.3 Å². The zero-order valence-electron chi connectivity index (χ0n) is 7.36. The molecule has 1 aromatic rings. The molecule has 0 aliphatic carbocycles. The lowest BCUT2D eigenvalue weighted by molar-refractivity contribution is 1.06. The zero-order valence-corrected chi connectivity index (χ0v) is 8.99. The lowest BCUT2D eigenvalue weighted by Gasteiger charge is -1.94. The summed E-state index contributed by atoms with van der Waals surface area (Å²) in [5.74, 6) is 5.73. The molecule has 0 aromatic carbocycles. The summed E-state index contributed by atoms with van der Waals surface area (Å²) in [6.45, 7) is 2.09. The monoisotopic (exact) mass is 216 g/mol. The molecule has 4 N–H and O–H groups in total. The van der Waals surface area contributed by atoms with Crippen molar-refractivity contribution in [1.82, 2.24) is 4.98 Å². The van der Waals surface area contributed by atoms with Crippen molar-refractivity contribution >= 4 is 28.3 Å². The van der Waals surface area contributed by atoms with Crippen LogP contribution in [-0.2, 0) is 12.2 Å². The van der Waals surface area contributed by atoms with Crippen molar-refractivity contribution in [2.75, 3.05) is 0 Å². The van der Waals surface area contributed by atoms with Crippen molar-refractivity contribution in [2.45, 2.75) is 19.1 Å². The lowest BCUT2D eigenvalue weighted by Crippen LogP contribution is -2.09. The second-order valence-corrected chi connectivity index (χ2v) is 4.28. The van der Waals surface area contributed by atoms with Crippen molar-refractivity contribution in [1.29, 1.82) is 0 Å². The highest BCUT2D eigenvalue weighted by molar-refractivity contribution is 8.13. The Morgan fingerprint density at radius 1 is 1.77 bits per heavy atom. The third-order valence-electron chi connectivity index (χ3n) is 1.40. The Hall–Kier alpha value is -0.750. The van der Waals surface area contributed by atoms with Crippen molar-refractivity contribution < 1.29 is 0 Å². The smallest absolute Gasteiger partial charge is 0.177 e. The molecule has 0 aliphatic rings. The Balaban J connectivity index is 2.45. The van der Waals surface area contributed by atoms with E-state index in [9.17, 15) is 0 Å². The van der Waals surface area contributed by atoms with Crippen LogP contribution in [0.15, 0.2) is 10.5 Å². The van der Waals surface area contributed by atoms with Gasteiger partial charge in [-0.1, -0.05) is 18.7 Å². The highest BCUT2D eigenvalue weighted by atomic mass is 32.2. The number of hydrogen-bond acceptors (Lipinski definition) is 5. The third kappa shape index (κ3) is 3.23. The van der Waals surface area contributed by atoms with Crippen molar-refractivity contribution in [3.05, 3.63) is 16.1 Å². The van der Waals surface area contributed by atoms with Crippen LogP contribution in [0.25, 0.3) is 0 Å². The molecule has 0 fully saturated rings. The van der Waals surface area contributed by atoms with E-state index in [0.717, 1.165) is 22.9 Å². The predicted molar refractivity (Wildman–Crippen MR) is 58.6 cm³/mol. The number of aryl methyl sites for hydroxylation is 1. The Labute approximate surface area is 85.4 Å². The first-order valence-electron chi connectivity index (χ1n) is 3.85. The van der Waals surface area contributed by atoms with E-state index in [4.69, 9.17) is 11.6 Å². The summed E-state index contributed by atoms with van der Waals surface area (Å²) < 4.78 is 0. The summed E-state index contributed by atoms with van der Waals surface area (Å²) in [6, 6.07) is 0. The minimum absolute atomic E-state index is 0.394. The number of hydrazone groups is 1. The van der Waals surface area contributed by atoms with Crippen molar-refractivity contribution in [3.63, 3.8) is 0 Å². The van der Waals surface area contributed by atoms with E-state index >= 15 is 0 Å². The summed E-state index contributed by atoms with van der Waals surface area (Å²) in [6.07, 6.45) is 0.982. The summed E-state index contributed by atoms with van der Waals surface area (Å²) in [5.41, 5.74) is 6.46. The van der Waals surface area contributed by atoms with Gasteiger partial charge in [-0.3, -0.25) is 0 Å². The molecule has 0 spiro atoms. The van der Waals surface area contributed by atoms with Gasteiger partial charge in [0, 0.05) is 11.1 Å². The molecule has 0 saturated carbocycles. The Morgan fingerprint density at radius 3 is 3.08 bits per heavy atom. The maximum absolute atomic E-state index is 5.42. The highest BCUT2D eigenvalue weighted by Gasteiger charge is 2.01. The summed E-state index contributed by atoms with van der Waals surface area (Å²) in [5, 5.41) is 6.95. The van der Waals surface area contributed by atoms with Crippen LogP contribution in [0.1, 0.15) is 17.6 Å². The quantitative estimate of drug-likeness (QED) is 0.343. The first kappa shape index (κ1) is 10.3. The topological polar surface area (TPSA) is 77.3 Å². The first-order chi connectivity index (χ1) is 6.26. The number of nitrogens with zero attached hydrogens (tertiary/aromatic N) is 2. The minimum atomic E-state index is 0.394. The van der Waals surface area contributed by atoms with Gasteiger partial charge in [-0.2, -0.15) is 5.10 Å². The highest BCUT2D eigenvalue weighted by Crippen LogP contribution is 2.15. The number of nitrogens with two attached hydrogens (primary N) is 2. The van der Waals surface area contributed by atoms with Gasteiger partial charge in [0.25, 0.3) is 0 Å². The molecule has 0 radical (unpaired) electrons. The number of amidine groups is 1. The molecule has 4 nitrogen and oxygen atoms in total. The van der Waals surface area contributed by atoms with Crippen molar-refractivity contribution in [2.24, 2.45) is 16.7 Å². The molecule has 1 rings (SSSR count). The van der Waals surface area contributed by atoms with Crippen LogP contribution >= 0.6 is 23.1 Å². The van der Waals surface area contributed by atoms with Crippen LogP contribution < -0.4 is 11.6 Å². The van der Waals surface area contributed by atoms with Crippen LogP contribution in [0.4, 0.5) is 0 Å². The standard InChI is InChI=1S/C7H12N4S2/c1-2-6-10-5(3-12-6)4-13-7(8)11-9/h3H,2,4,9H2,1H3,(H2,8,11). The van der Waals surface area contributed by atoms with Gasteiger partial charge in [0.1, 0.15) is 0 Å². The first-order valence-corrected chi connectivity index (χ1v) is 5.72. The molecule has 13 heavy (non-hydrogen) atoms. The second-order valence-electron chi connectivity index (χ2n) is 2.34. The Bertz CT molecular complexity index is 294. The van der Waals surface area contributed by atoms with Gasteiger partial charge >= 0.3 is 0 Å². The fraction of sp³-hybridized carbons (Fsp3) is 0.429. The molecule has 0 atom stereocenters. The van der Waals surface area contributed by atoms with E-state index in [-0.39, 0.29) is 0 Å². The van der Waals surface area contributed by atoms with Gasteiger partial charge in [0.2, 0.25) is 0 Å². The van der Waals surface area contributed by atoms with Gasteiger partial charge in [0.05, 0.1) is 10.7 Å². The van der Waals surface area contributed by atoms with Gasteiger partial charge < -0.3 is 11.6 Å². The van der Waals surface area contributed by atoms with Crippen LogP contribution in [0, 0.1) is 0 Å². The average Bonchev–Trinajstić information content (AvgIpc) is 2.61. The summed E-state index contributed by atoms with van der Waals surface area (Å²) in [4.78, 5) is 4.38. The van der Waals surface area contributed by atoms with E-state index in [2.05, 4.69) is 17.0 Å². The predicted octanol–water partition coefficient (Wildman–Crippen LogP) is 1.13. The average molecular weight is 216 g/mol. The fourth-order valence-corrected chi connectivity index (χ4v) is 2.13. The molecule has 0 amide bonds. The number of thioether (sulfide) groups is 1. The third-order valence-corrected chi connectivity index (χ3v) is 3.28. The number of aromatic nitrogens is 1. The molecule has 0 unspecified atom stereocenters. The normalized spacial score (nSPS) is 11.9. The summed E-state index contributed by atoms with van der Waals surface area (Å²) >= 11 is 3.07.